The minimum absolute atomic E-state index is 0.249. The monoisotopic (exact) mass is 267 g/mol. The zero-order valence-corrected chi connectivity index (χ0v) is 12.3. The SMILES string of the molecule is CCSc1ccc(CNC(C)(C)C(=O)OC)cc1. The molecule has 18 heavy (non-hydrogen) atoms. The van der Waals surface area contributed by atoms with E-state index in [-0.39, 0.29) is 5.97 Å². The summed E-state index contributed by atoms with van der Waals surface area (Å²) in [6, 6.07) is 8.38. The van der Waals surface area contributed by atoms with E-state index in [0.29, 0.717) is 6.54 Å². The first kappa shape index (κ1) is 15.1. The molecule has 0 fully saturated rings. The number of ether oxygens (including phenoxy) is 1. The summed E-state index contributed by atoms with van der Waals surface area (Å²) in [5.74, 6) is 0.827. The lowest BCUT2D eigenvalue weighted by Crippen LogP contribution is -2.46. The van der Waals surface area contributed by atoms with Gasteiger partial charge in [-0.2, -0.15) is 0 Å². The van der Waals surface area contributed by atoms with Crippen LogP contribution in [-0.2, 0) is 16.1 Å². The highest BCUT2D eigenvalue weighted by Gasteiger charge is 2.27. The van der Waals surface area contributed by atoms with E-state index in [2.05, 4.69) is 36.5 Å². The largest absolute Gasteiger partial charge is 0.468 e. The predicted octanol–water partition coefficient (Wildman–Crippen LogP) is 2.84. The summed E-state index contributed by atoms with van der Waals surface area (Å²) in [6.45, 7) is 6.43. The molecule has 1 aromatic rings. The molecule has 0 aliphatic heterocycles. The molecule has 0 saturated carbocycles. The summed E-state index contributed by atoms with van der Waals surface area (Å²) in [7, 11) is 1.41. The third-order valence-corrected chi connectivity index (χ3v) is 3.56. The summed E-state index contributed by atoms with van der Waals surface area (Å²) >= 11 is 1.82. The lowest BCUT2D eigenvalue weighted by atomic mass is 10.1. The van der Waals surface area contributed by atoms with Crippen molar-refractivity contribution < 1.29 is 9.53 Å². The number of benzene rings is 1. The van der Waals surface area contributed by atoms with Gasteiger partial charge in [-0.3, -0.25) is 10.1 Å². The van der Waals surface area contributed by atoms with Crippen LogP contribution in [0.2, 0.25) is 0 Å². The van der Waals surface area contributed by atoms with E-state index >= 15 is 0 Å². The molecule has 100 valence electrons. The summed E-state index contributed by atoms with van der Waals surface area (Å²) in [5, 5.41) is 3.20. The van der Waals surface area contributed by atoms with Crippen molar-refractivity contribution in [3.63, 3.8) is 0 Å². The van der Waals surface area contributed by atoms with Crippen molar-refractivity contribution in [1.82, 2.24) is 5.32 Å². The van der Waals surface area contributed by atoms with Gasteiger partial charge < -0.3 is 4.74 Å². The second kappa shape index (κ2) is 6.81. The molecule has 1 N–H and O–H groups in total. The quantitative estimate of drug-likeness (QED) is 0.635. The average Bonchev–Trinajstić information content (AvgIpc) is 2.37. The Morgan fingerprint density at radius 1 is 1.33 bits per heavy atom. The van der Waals surface area contributed by atoms with Crippen LogP contribution in [-0.4, -0.2) is 24.4 Å². The molecule has 0 spiro atoms. The Morgan fingerprint density at radius 2 is 1.94 bits per heavy atom. The van der Waals surface area contributed by atoms with Crippen LogP contribution in [0.4, 0.5) is 0 Å². The van der Waals surface area contributed by atoms with Gasteiger partial charge in [0.1, 0.15) is 5.54 Å². The van der Waals surface area contributed by atoms with Crippen LogP contribution < -0.4 is 5.32 Å². The minimum Gasteiger partial charge on any atom is -0.468 e. The van der Waals surface area contributed by atoms with Crippen LogP contribution in [0.25, 0.3) is 0 Å². The zero-order chi connectivity index (χ0) is 13.6. The molecule has 0 atom stereocenters. The molecule has 0 aliphatic carbocycles. The first-order valence-corrected chi connectivity index (χ1v) is 7.03. The lowest BCUT2D eigenvalue weighted by molar-refractivity contribution is -0.147. The normalized spacial score (nSPS) is 11.3. The van der Waals surface area contributed by atoms with Crippen molar-refractivity contribution in [2.24, 2.45) is 0 Å². The van der Waals surface area contributed by atoms with Crippen molar-refractivity contribution >= 4 is 17.7 Å². The van der Waals surface area contributed by atoms with Crippen molar-refractivity contribution in [1.29, 1.82) is 0 Å². The molecule has 0 aliphatic rings. The molecule has 3 nitrogen and oxygen atoms in total. The second-order valence-electron chi connectivity index (χ2n) is 4.55. The Labute approximate surface area is 113 Å². The maximum absolute atomic E-state index is 11.5. The van der Waals surface area contributed by atoms with Crippen LogP contribution in [0.3, 0.4) is 0 Å². The van der Waals surface area contributed by atoms with E-state index < -0.39 is 5.54 Å². The first-order valence-electron chi connectivity index (χ1n) is 6.04. The number of hydrogen-bond donors (Lipinski definition) is 1. The Balaban J connectivity index is 2.55. The summed E-state index contributed by atoms with van der Waals surface area (Å²) in [4.78, 5) is 12.8. The Hall–Kier alpha value is -1.00. The number of esters is 1. The second-order valence-corrected chi connectivity index (χ2v) is 5.88. The molecule has 0 radical (unpaired) electrons. The number of thioether (sulfide) groups is 1. The van der Waals surface area contributed by atoms with Gasteiger partial charge in [0.25, 0.3) is 0 Å². The van der Waals surface area contributed by atoms with Gasteiger partial charge in [-0.25, -0.2) is 0 Å². The van der Waals surface area contributed by atoms with Crippen molar-refractivity contribution in [2.45, 2.75) is 37.8 Å². The fourth-order valence-electron chi connectivity index (χ4n) is 1.52. The van der Waals surface area contributed by atoms with E-state index in [4.69, 9.17) is 4.74 Å². The maximum atomic E-state index is 11.5. The predicted molar refractivity (Wildman–Crippen MR) is 75.8 cm³/mol. The summed E-state index contributed by atoms with van der Waals surface area (Å²) in [6.07, 6.45) is 0. The van der Waals surface area contributed by atoms with Crippen LogP contribution in [0.15, 0.2) is 29.2 Å². The van der Waals surface area contributed by atoms with E-state index in [9.17, 15) is 4.79 Å². The molecule has 0 saturated heterocycles. The van der Waals surface area contributed by atoms with Crippen LogP contribution in [0, 0.1) is 0 Å². The number of methoxy groups -OCH3 is 1. The van der Waals surface area contributed by atoms with Crippen LogP contribution in [0.1, 0.15) is 26.3 Å². The smallest absolute Gasteiger partial charge is 0.325 e. The number of rotatable bonds is 6. The topological polar surface area (TPSA) is 38.3 Å². The number of carbonyl (C=O) groups is 1. The maximum Gasteiger partial charge on any atom is 0.325 e. The number of nitrogens with one attached hydrogen (secondary N) is 1. The van der Waals surface area contributed by atoms with E-state index in [1.54, 1.807) is 0 Å². The molecule has 0 bridgehead atoms. The molecule has 1 rings (SSSR count). The van der Waals surface area contributed by atoms with Gasteiger partial charge >= 0.3 is 5.97 Å². The molecule has 0 amide bonds. The number of hydrogen-bond acceptors (Lipinski definition) is 4. The van der Waals surface area contributed by atoms with Crippen molar-refractivity contribution in [2.75, 3.05) is 12.9 Å². The lowest BCUT2D eigenvalue weighted by Gasteiger charge is -2.23. The van der Waals surface area contributed by atoms with Crippen molar-refractivity contribution in [3.05, 3.63) is 29.8 Å². The highest BCUT2D eigenvalue weighted by molar-refractivity contribution is 7.99. The fourth-order valence-corrected chi connectivity index (χ4v) is 2.18. The minimum atomic E-state index is -0.661. The molecule has 0 heterocycles. The number of carbonyl (C=O) groups excluding carboxylic acids is 1. The Kier molecular flexibility index (Phi) is 5.69. The molecule has 0 aromatic heterocycles. The van der Waals surface area contributed by atoms with E-state index in [1.165, 1.54) is 12.0 Å². The van der Waals surface area contributed by atoms with Gasteiger partial charge in [0.15, 0.2) is 0 Å². The average molecular weight is 267 g/mol. The molecule has 0 unspecified atom stereocenters. The summed E-state index contributed by atoms with van der Waals surface area (Å²) in [5.41, 5.74) is 0.499. The van der Waals surface area contributed by atoms with Gasteiger partial charge in [0, 0.05) is 11.4 Å². The molecular formula is C14H21NO2S. The molecule has 4 heteroatoms. The summed E-state index contributed by atoms with van der Waals surface area (Å²) < 4.78 is 4.75. The van der Waals surface area contributed by atoms with Gasteiger partial charge in [-0.1, -0.05) is 19.1 Å². The molecule has 1 aromatic carbocycles. The standard InChI is InChI=1S/C14H21NO2S/c1-5-18-12-8-6-11(7-9-12)10-15-14(2,3)13(16)17-4/h6-9,15H,5,10H2,1-4H3. The van der Waals surface area contributed by atoms with Crippen LogP contribution >= 0.6 is 11.8 Å². The highest BCUT2D eigenvalue weighted by atomic mass is 32.2. The van der Waals surface area contributed by atoms with Gasteiger partial charge in [-0.05, 0) is 37.3 Å². The first-order chi connectivity index (χ1) is 8.49. The molecular weight excluding hydrogens is 246 g/mol. The van der Waals surface area contributed by atoms with Crippen LogP contribution in [0.5, 0.6) is 0 Å². The Bertz CT molecular complexity index is 387. The highest BCUT2D eigenvalue weighted by Crippen LogP contribution is 2.18. The van der Waals surface area contributed by atoms with Gasteiger partial charge in [0.05, 0.1) is 7.11 Å². The zero-order valence-electron chi connectivity index (χ0n) is 11.4. The van der Waals surface area contributed by atoms with Gasteiger partial charge in [-0.15, -0.1) is 11.8 Å². The fraction of sp³-hybridized carbons (Fsp3) is 0.500. The van der Waals surface area contributed by atoms with Crippen molar-refractivity contribution in [3.8, 4) is 0 Å². The Morgan fingerprint density at radius 3 is 2.44 bits per heavy atom. The third kappa shape index (κ3) is 4.35. The van der Waals surface area contributed by atoms with E-state index in [0.717, 1.165) is 11.3 Å². The van der Waals surface area contributed by atoms with E-state index in [1.807, 2.05) is 25.6 Å². The van der Waals surface area contributed by atoms with Gasteiger partial charge in [0.2, 0.25) is 0 Å². The third-order valence-electron chi connectivity index (χ3n) is 2.66.